The lowest BCUT2D eigenvalue weighted by Gasteiger charge is -2.18. The van der Waals surface area contributed by atoms with Gasteiger partial charge in [0.2, 0.25) is 0 Å². The van der Waals surface area contributed by atoms with E-state index in [0.717, 1.165) is 15.8 Å². The lowest BCUT2D eigenvalue weighted by atomic mass is 10.2. The van der Waals surface area contributed by atoms with Gasteiger partial charge in [-0.1, -0.05) is 12.1 Å². The van der Waals surface area contributed by atoms with Crippen molar-refractivity contribution in [2.45, 2.75) is 6.61 Å². The van der Waals surface area contributed by atoms with Gasteiger partial charge < -0.3 is 9.47 Å². The van der Waals surface area contributed by atoms with Crippen LogP contribution in [0.5, 0.6) is 5.75 Å². The zero-order chi connectivity index (χ0) is 8.55. The number of hydrogen-bond acceptors (Lipinski definition) is 3. The summed E-state index contributed by atoms with van der Waals surface area (Å²) >= 11 is 8.15. The van der Waals surface area contributed by atoms with Gasteiger partial charge in [-0.15, -0.1) is 0 Å². The second-order valence-electron chi connectivity index (χ2n) is 2.37. The summed E-state index contributed by atoms with van der Waals surface area (Å²) in [5.41, 5.74) is 1.01. The fourth-order valence-corrected chi connectivity index (χ4v) is 1.66. The molecular formula is C8H5BrO2S. The molecule has 1 aliphatic rings. The van der Waals surface area contributed by atoms with Gasteiger partial charge in [0.15, 0.2) is 5.75 Å². The van der Waals surface area contributed by atoms with E-state index in [1.807, 2.05) is 18.2 Å². The summed E-state index contributed by atoms with van der Waals surface area (Å²) in [6.07, 6.45) is 0. The van der Waals surface area contributed by atoms with Crippen LogP contribution in [0.25, 0.3) is 0 Å². The van der Waals surface area contributed by atoms with Crippen LogP contribution in [0, 0.1) is 0 Å². The molecule has 1 heterocycles. The second-order valence-corrected chi connectivity index (χ2v) is 3.56. The van der Waals surface area contributed by atoms with Gasteiger partial charge in [-0.2, -0.15) is 0 Å². The first-order valence-electron chi connectivity index (χ1n) is 3.39. The fourth-order valence-electron chi connectivity index (χ4n) is 1.03. The molecule has 0 aromatic heterocycles. The van der Waals surface area contributed by atoms with Crippen LogP contribution in [0.4, 0.5) is 0 Å². The van der Waals surface area contributed by atoms with Gasteiger partial charge in [-0.25, -0.2) is 0 Å². The Morgan fingerprint density at radius 3 is 3.08 bits per heavy atom. The highest BCUT2D eigenvalue weighted by molar-refractivity contribution is 9.10. The van der Waals surface area contributed by atoms with Gasteiger partial charge in [0, 0.05) is 17.8 Å². The van der Waals surface area contributed by atoms with Crippen molar-refractivity contribution in [3.63, 3.8) is 0 Å². The number of para-hydroxylation sites is 1. The molecule has 1 aromatic carbocycles. The average molecular weight is 245 g/mol. The van der Waals surface area contributed by atoms with Crippen LogP contribution in [0.2, 0.25) is 0 Å². The van der Waals surface area contributed by atoms with Crippen molar-refractivity contribution in [2.24, 2.45) is 0 Å². The van der Waals surface area contributed by atoms with Crippen LogP contribution >= 0.6 is 28.1 Å². The first-order valence-corrected chi connectivity index (χ1v) is 4.59. The van der Waals surface area contributed by atoms with Crippen molar-refractivity contribution in [3.05, 3.63) is 28.2 Å². The molecule has 0 fully saturated rings. The molecule has 0 bridgehead atoms. The van der Waals surface area contributed by atoms with Gasteiger partial charge >= 0.3 is 5.24 Å². The number of fused-ring (bicyclic) bond motifs is 1. The van der Waals surface area contributed by atoms with Crippen molar-refractivity contribution in [1.29, 1.82) is 0 Å². The Kier molecular flexibility index (Phi) is 2.02. The maximum absolute atomic E-state index is 5.22. The van der Waals surface area contributed by atoms with Crippen molar-refractivity contribution in [1.82, 2.24) is 0 Å². The number of thiocarbonyl (C=S) groups is 1. The topological polar surface area (TPSA) is 18.5 Å². The molecule has 1 aromatic rings. The highest BCUT2D eigenvalue weighted by atomic mass is 79.9. The largest absolute Gasteiger partial charge is 0.452 e. The van der Waals surface area contributed by atoms with Crippen LogP contribution in [0.15, 0.2) is 22.7 Å². The fraction of sp³-hybridized carbons (Fsp3) is 0.125. The van der Waals surface area contributed by atoms with Crippen molar-refractivity contribution in [2.75, 3.05) is 0 Å². The molecule has 0 aliphatic carbocycles. The highest BCUT2D eigenvalue weighted by Gasteiger charge is 2.17. The summed E-state index contributed by atoms with van der Waals surface area (Å²) in [4.78, 5) is 0. The maximum atomic E-state index is 5.22. The van der Waals surface area contributed by atoms with E-state index in [4.69, 9.17) is 21.7 Å². The smallest absolute Gasteiger partial charge is 0.358 e. The quantitative estimate of drug-likeness (QED) is 0.654. The Hall–Kier alpha value is -0.610. The molecule has 2 rings (SSSR count). The van der Waals surface area contributed by atoms with Crippen molar-refractivity contribution < 1.29 is 9.47 Å². The van der Waals surface area contributed by atoms with E-state index >= 15 is 0 Å². The van der Waals surface area contributed by atoms with E-state index in [9.17, 15) is 0 Å². The molecule has 1 aliphatic heterocycles. The third kappa shape index (κ3) is 1.32. The Morgan fingerprint density at radius 1 is 1.42 bits per heavy atom. The van der Waals surface area contributed by atoms with Crippen molar-refractivity contribution in [3.8, 4) is 5.75 Å². The first-order chi connectivity index (χ1) is 5.77. The predicted molar refractivity (Wildman–Crippen MR) is 52.2 cm³/mol. The molecule has 2 nitrogen and oxygen atoms in total. The van der Waals surface area contributed by atoms with Gasteiger partial charge in [0.25, 0.3) is 0 Å². The second kappa shape index (κ2) is 3.03. The number of benzene rings is 1. The molecular weight excluding hydrogens is 240 g/mol. The average Bonchev–Trinajstić information content (AvgIpc) is 2.07. The third-order valence-corrected chi connectivity index (χ3v) is 2.41. The van der Waals surface area contributed by atoms with E-state index < -0.39 is 0 Å². The monoisotopic (exact) mass is 244 g/mol. The summed E-state index contributed by atoms with van der Waals surface area (Å²) < 4.78 is 11.2. The van der Waals surface area contributed by atoms with E-state index in [1.165, 1.54) is 0 Å². The summed E-state index contributed by atoms with van der Waals surface area (Å²) in [6, 6.07) is 5.79. The molecule has 4 heteroatoms. The van der Waals surface area contributed by atoms with E-state index in [1.54, 1.807) is 0 Å². The molecule has 0 saturated heterocycles. The lowest BCUT2D eigenvalue weighted by molar-refractivity contribution is 0.210. The Labute approximate surface area is 83.6 Å². The van der Waals surface area contributed by atoms with Crippen LogP contribution in [0.1, 0.15) is 5.56 Å². The lowest BCUT2D eigenvalue weighted by Crippen LogP contribution is -2.17. The van der Waals surface area contributed by atoms with Crippen LogP contribution in [0.3, 0.4) is 0 Å². The number of halogens is 1. The van der Waals surface area contributed by atoms with Gasteiger partial charge in [-0.3, -0.25) is 0 Å². The molecule has 0 amide bonds. The summed E-state index contributed by atoms with van der Waals surface area (Å²) in [6.45, 7) is 0.494. The molecule has 0 unspecified atom stereocenters. The zero-order valence-electron chi connectivity index (χ0n) is 6.04. The Morgan fingerprint density at radius 2 is 2.25 bits per heavy atom. The van der Waals surface area contributed by atoms with E-state index in [-0.39, 0.29) is 5.24 Å². The third-order valence-electron chi connectivity index (χ3n) is 1.58. The maximum Gasteiger partial charge on any atom is 0.358 e. The molecule has 0 N–H and O–H groups in total. The number of rotatable bonds is 0. The van der Waals surface area contributed by atoms with Gasteiger partial charge in [0.05, 0.1) is 4.47 Å². The minimum absolute atomic E-state index is 0.189. The molecule has 0 radical (unpaired) electrons. The van der Waals surface area contributed by atoms with Crippen LogP contribution in [-0.4, -0.2) is 5.24 Å². The summed E-state index contributed by atoms with van der Waals surface area (Å²) in [5.74, 6) is 0.772. The van der Waals surface area contributed by atoms with Gasteiger partial charge in [-0.05, 0) is 22.0 Å². The van der Waals surface area contributed by atoms with Crippen LogP contribution in [-0.2, 0) is 11.3 Å². The zero-order valence-corrected chi connectivity index (χ0v) is 8.44. The molecule has 0 saturated carbocycles. The highest BCUT2D eigenvalue weighted by Crippen LogP contribution is 2.32. The van der Waals surface area contributed by atoms with E-state index in [0.29, 0.717) is 6.61 Å². The van der Waals surface area contributed by atoms with E-state index in [2.05, 4.69) is 15.9 Å². The van der Waals surface area contributed by atoms with Crippen LogP contribution < -0.4 is 4.74 Å². The Bertz CT molecular complexity index is 338. The standard InChI is InChI=1S/C8H5BrO2S/c9-6-3-1-2-5-4-10-8(12)11-7(5)6/h1-3H,4H2. The number of ether oxygens (including phenoxy) is 2. The van der Waals surface area contributed by atoms with Crippen molar-refractivity contribution >= 4 is 33.4 Å². The molecule has 0 spiro atoms. The molecule has 0 atom stereocenters. The SMILES string of the molecule is S=C1OCc2cccc(Br)c2O1. The normalized spacial score (nSPS) is 14.6. The minimum atomic E-state index is 0.189. The predicted octanol–water partition coefficient (Wildman–Crippen LogP) is 2.64. The summed E-state index contributed by atoms with van der Waals surface area (Å²) in [5, 5.41) is 0.189. The Balaban J connectivity index is 2.50. The minimum Gasteiger partial charge on any atom is -0.452 e. The number of hydrogen-bond donors (Lipinski definition) is 0. The van der Waals surface area contributed by atoms with Gasteiger partial charge in [0.1, 0.15) is 6.61 Å². The summed E-state index contributed by atoms with van der Waals surface area (Å²) in [7, 11) is 0. The molecule has 62 valence electrons. The molecule has 12 heavy (non-hydrogen) atoms. The first kappa shape index (κ1) is 8.01.